The van der Waals surface area contributed by atoms with Crippen molar-refractivity contribution in [1.29, 1.82) is 0 Å². The molecule has 0 aliphatic heterocycles. The normalized spacial score (nSPS) is 12.3. The summed E-state index contributed by atoms with van der Waals surface area (Å²) < 4.78 is 26.4. The Bertz CT molecular complexity index is 1070. The van der Waals surface area contributed by atoms with Gasteiger partial charge >= 0.3 is 0 Å². The SMILES string of the molecule is Cc1ccc(N(CC(=O)N(Cc2ccccc2)[C@H](C)C(=O)NCC(C)C)S(C)(=O)=O)c(C)c1. The highest BCUT2D eigenvalue weighted by atomic mass is 32.2. The number of nitrogens with one attached hydrogen (secondary N) is 1. The molecule has 7 nitrogen and oxygen atoms in total. The Hall–Kier alpha value is -2.87. The van der Waals surface area contributed by atoms with Crippen LogP contribution in [0.1, 0.15) is 37.5 Å². The third-order valence-electron chi connectivity index (χ3n) is 5.35. The van der Waals surface area contributed by atoms with Gasteiger partial charge in [0.1, 0.15) is 12.6 Å². The molecule has 0 radical (unpaired) electrons. The van der Waals surface area contributed by atoms with E-state index in [1.54, 1.807) is 13.0 Å². The van der Waals surface area contributed by atoms with Gasteiger partial charge in [-0.25, -0.2) is 8.42 Å². The van der Waals surface area contributed by atoms with Crippen molar-refractivity contribution in [1.82, 2.24) is 10.2 Å². The van der Waals surface area contributed by atoms with E-state index in [4.69, 9.17) is 0 Å². The Morgan fingerprint density at radius 1 is 1.00 bits per heavy atom. The number of benzene rings is 2. The summed E-state index contributed by atoms with van der Waals surface area (Å²) in [6.07, 6.45) is 1.08. The molecule has 8 heteroatoms. The molecule has 33 heavy (non-hydrogen) atoms. The average molecular weight is 474 g/mol. The monoisotopic (exact) mass is 473 g/mol. The van der Waals surface area contributed by atoms with Gasteiger partial charge in [0.2, 0.25) is 21.8 Å². The lowest BCUT2D eigenvalue weighted by molar-refractivity contribution is -0.139. The highest BCUT2D eigenvalue weighted by Crippen LogP contribution is 2.24. The first-order chi connectivity index (χ1) is 15.4. The van der Waals surface area contributed by atoms with E-state index in [2.05, 4.69) is 5.32 Å². The molecule has 2 aromatic carbocycles. The second-order valence-corrected chi connectivity index (χ2v) is 10.8. The molecule has 2 rings (SSSR count). The summed E-state index contributed by atoms with van der Waals surface area (Å²) in [5.74, 6) is -0.452. The fraction of sp³-hybridized carbons (Fsp3) is 0.440. The maximum Gasteiger partial charge on any atom is 0.244 e. The lowest BCUT2D eigenvalue weighted by Crippen LogP contribution is -2.51. The van der Waals surface area contributed by atoms with E-state index in [-0.39, 0.29) is 18.4 Å². The Balaban J connectivity index is 2.37. The van der Waals surface area contributed by atoms with Gasteiger partial charge in [0.25, 0.3) is 0 Å². The van der Waals surface area contributed by atoms with Gasteiger partial charge in [0.05, 0.1) is 11.9 Å². The molecule has 0 saturated heterocycles. The van der Waals surface area contributed by atoms with Gasteiger partial charge in [-0.2, -0.15) is 0 Å². The average Bonchev–Trinajstić information content (AvgIpc) is 2.74. The van der Waals surface area contributed by atoms with Crippen LogP contribution in [0.3, 0.4) is 0 Å². The Labute approximate surface area is 197 Å². The van der Waals surface area contributed by atoms with Gasteiger partial charge in [-0.15, -0.1) is 0 Å². The van der Waals surface area contributed by atoms with Crippen molar-refractivity contribution in [2.75, 3.05) is 23.7 Å². The minimum atomic E-state index is -3.74. The van der Waals surface area contributed by atoms with Crippen LogP contribution in [0.5, 0.6) is 0 Å². The number of sulfonamides is 1. The summed E-state index contributed by atoms with van der Waals surface area (Å²) in [4.78, 5) is 27.7. The number of rotatable bonds is 10. The largest absolute Gasteiger partial charge is 0.354 e. The summed E-state index contributed by atoms with van der Waals surface area (Å²) in [6, 6.07) is 14.0. The summed E-state index contributed by atoms with van der Waals surface area (Å²) in [5, 5.41) is 2.87. The van der Waals surface area contributed by atoms with Gasteiger partial charge in [-0.1, -0.05) is 61.9 Å². The van der Waals surface area contributed by atoms with Crippen LogP contribution in [0.2, 0.25) is 0 Å². The number of hydrogen-bond donors (Lipinski definition) is 1. The molecular formula is C25H35N3O4S. The Morgan fingerprint density at radius 2 is 1.64 bits per heavy atom. The second-order valence-electron chi connectivity index (χ2n) is 8.88. The molecule has 0 bridgehead atoms. The van der Waals surface area contributed by atoms with Crippen LogP contribution in [-0.4, -0.2) is 50.5 Å². The molecule has 180 valence electrons. The van der Waals surface area contributed by atoms with E-state index in [0.29, 0.717) is 12.2 Å². The summed E-state index contributed by atoms with van der Waals surface area (Å²) in [7, 11) is -3.74. The molecule has 0 aliphatic carbocycles. The fourth-order valence-corrected chi connectivity index (χ4v) is 4.40. The lowest BCUT2D eigenvalue weighted by atomic mass is 10.1. The number of aryl methyl sites for hydroxylation is 2. The van der Waals surface area contributed by atoms with Crippen LogP contribution in [-0.2, 0) is 26.2 Å². The third-order valence-corrected chi connectivity index (χ3v) is 6.47. The minimum absolute atomic E-state index is 0.195. The van der Waals surface area contributed by atoms with Crippen LogP contribution >= 0.6 is 0 Å². The molecule has 0 spiro atoms. The fourth-order valence-electron chi connectivity index (χ4n) is 3.50. The Morgan fingerprint density at radius 3 is 2.18 bits per heavy atom. The first kappa shape index (κ1) is 26.4. The number of amides is 2. The van der Waals surface area contributed by atoms with E-state index >= 15 is 0 Å². The first-order valence-electron chi connectivity index (χ1n) is 11.1. The zero-order valence-corrected chi connectivity index (χ0v) is 21.1. The van der Waals surface area contributed by atoms with Crippen molar-refractivity contribution >= 4 is 27.5 Å². The van der Waals surface area contributed by atoms with Crippen LogP contribution in [0, 0.1) is 19.8 Å². The van der Waals surface area contributed by atoms with E-state index in [0.717, 1.165) is 27.3 Å². The molecule has 1 atom stereocenters. The van der Waals surface area contributed by atoms with Crippen LogP contribution < -0.4 is 9.62 Å². The van der Waals surface area contributed by atoms with Crippen molar-refractivity contribution in [2.24, 2.45) is 5.92 Å². The van der Waals surface area contributed by atoms with Crippen molar-refractivity contribution in [3.63, 3.8) is 0 Å². The zero-order chi connectivity index (χ0) is 24.8. The zero-order valence-electron chi connectivity index (χ0n) is 20.3. The third kappa shape index (κ3) is 7.60. The van der Waals surface area contributed by atoms with Gasteiger partial charge in [0, 0.05) is 13.1 Å². The quantitative estimate of drug-likeness (QED) is 0.574. The smallest absolute Gasteiger partial charge is 0.244 e. The number of carbonyl (C=O) groups is 2. The van der Waals surface area contributed by atoms with Crippen molar-refractivity contribution in [3.8, 4) is 0 Å². The summed E-state index contributed by atoms with van der Waals surface area (Å²) >= 11 is 0. The standard InChI is InChI=1S/C25H35N3O4S/c1-18(2)15-26-25(30)21(5)27(16-22-10-8-7-9-11-22)24(29)17-28(33(6,31)32)23-13-12-19(3)14-20(23)4/h7-14,18,21H,15-17H2,1-6H3,(H,26,30)/t21-/m1/s1. The Kier molecular flexibility index (Phi) is 9.05. The van der Waals surface area contributed by atoms with Gasteiger partial charge in [0.15, 0.2) is 0 Å². The van der Waals surface area contributed by atoms with Crippen molar-refractivity contribution in [2.45, 2.75) is 47.2 Å². The number of hydrogen-bond acceptors (Lipinski definition) is 4. The second kappa shape index (κ2) is 11.3. The minimum Gasteiger partial charge on any atom is -0.354 e. The van der Waals surface area contributed by atoms with Crippen LogP contribution in [0.4, 0.5) is 5.69 Å². The van der Waals surface area contributed by atoms with E-state index < -0.39 is 28.5 Å². The molecule has 0 saturated carbocycles. The number of nitrogens with zero attached hydrogens (tertiary/aromatic N) is 2. The first-order valence-corrected chi connectivity index (χ1v) is 12.9. The molecule has 0 fully saturated rings. The number of anilines is 1. The predicted molar refractivity (Wildman–Crippen MR) is 132 cm³/mol. The van der Waals surface area contributed by atoms with E-state index in [9.17, 15) is 18.0 Å². The topological polar surface area (TPSA) is 86.8 Å². The van der Waals surface area contributed by atoms with E-state index in [1.807, 2.05) is 70.2 Å². The predicted octanol–water partition coefficient (Wildman–Crippen LogP) is 3.26. The molecule has 2 aromatic rings. The molecule has 1 N–H and O–H groups in total. The maximum atomic E-state index is 13.5. The molecule has 0 heterocycles. The molecule has 0 aromatic heterocycles. The van der Waals surface area contributed by atoms with Gasteiger partial charge in [-0.3, -0.25) is 13.9 Å². The van der Waals surface area contributed by atoms with Gasteiger partial charge in [-0.05, 0) is 43.9 Å². The summed E-state index contributed by atoms with van der Waals surface area (Å²) in [6.45, 7) is 9.68. The van der Waals surface area contributed by atoms with E-state index in [1.165, 1.54) is 4.90 Å². The molecule has 0 unspecified atom stereocenters. The highest BCUT2D eigenvalue weighted by Gasteiger charge is 2.30. The van der Waals surface area contributed by atoms with Crippen LogP contribution in [0.25, 0.3) is 0 Å². The molecular weight excluding hydrogens is 438 g/mol. The van der Waals surface area contributed by atoms with Crippen molar-refractivity contribution < 1.29 is 18.0 Å². The highest BCUT2D eigenvalue weighted by molar-refractivity contribution is 7.92. The maximum absolute atomic E-state index is 13.5. The van der Waals surface area contributed by atoms with Gasteiger partial charge < -0.3 is 10.2 Å². The lowest BCUT2D eigenvalue weighted by Gasteiger charge is -2.32. The van der Waals surface area contributed by atoms with Crippen molar-refractivity contribution in [3.05, 3.63) is 65.2 Å². The molecule has 2 amide bonds. The van der Waals surface area contributed by atoms with Crippen LogP contribution in [0.15, 0.2) is 48.5 Å². The number of carbonyl (C=O) groups excluding carboxylic acids is 2. The summed E-state index contributed by atoms with van der Waals surface area (Å²) in [5.41, 5.74) is 3.06. The molecule has 0 aliphatic rings.